The molecule has 166 valence electrons. The summed E-state index contributed by atoms with van der Waals surface area (Å²) in [6, 6.07) is 11.3. The molecule has 9 heteroatoms. The number of nitrogens with two attached hydrogens (primary N) is 1. The maximum atomic E-state index is 6.80. The van der Waals surface area contributed by atoms with Gasteiger partial charge in [-0.1, -0.05) is 42.3 Å². The Labute approximate surface area is 200 Å². The molecular weight excluding hydrogens is 459 g/mol. The predicted octanol–water partition coefficient (Wildman–Crippen LogP) is 6.15. The highest BCUT2D eigenvalue weighted by atomic mass is 35.5. The van der Waals surface area contributed by atoms with Crippen molar-refractivity contribution < 1.29 is 4.74 Å². The van der Waals surface area contributed by atoms with Crippen LogP contribution in [0.1, 0.15) is 12.5 Å². The molecule has 3 heterocycles. The summed E-state index contributed by atoms with van der Waals surface area (Å²) >= 11 is 13.5. The van der Waals surface area contributed by atoms with Gasteiger partial charge in [0.25, 0.3) is 0 Å². The lowest BCUT2D eigenvalue weighted by atomic mass is 10.0. The largest absolute Gasteiger partial charge is 0.495 e. The molecule has 0 aliphatic carbocycles. The van der Waals surface area contributed by atoms with Gasteiger partial charge >= 0.3 is 0 Å². The number of nitrogens with zero attached hydrogens (tertiary/aromatic N) is 4. The molecular formula is C24H20Cl2N6O. The molecule has 33 heavy (non-hydrogen) atoms. The van der Waals surface area contributed by atoms with Crippen LogP contribution in [0, 0.1) is 0 Å². The van der Waals surface area contributed by atoms with E-state index >= 15 is 0 Å². The maximum Gasteiger partial charge on any atom is 0.229 e. The molecule has 2 aromatic carbocycles. The van der Waals surface area contributed by atoms with Gasteiger partial charge in [-0.3, -0.25) is 4.40 Å². The molecule has 7 nitrogen and oxygen atoms in total. The summed E-state index contributed by atoms with van der Waals surface area (Å²) in [6.07, 6.45) is 6.04. The molecule has 0 fully saturated rings. The topological polar surface area (TPSA) is 90.4 Å². The van der Waals surface area contributed by atoms with Crippen molar-refractivity contribution in [2.24, 2.45) is 0 Å². The summed E-state index contributed by atoms with van der Waals surface area (Å²) in [6.45, 7) is 2.03. The summed E-state index contributed by atoms with van der Waals surface area (Å²) in [5.74, 6) is 0.989. The van der Waals surface area contributed by atoms with E-state index in [1.54, 1.807) is 19.5 Å². The van der Waals surface area contributed by atoms with Gasteiger partial charge in [-0.15, -0.1) is 0 Å². The number of aryl methyl sites for hydroxylation is 1. The van der Waals surface area contributed by atoms with E-state index in [-0.39, 0.29) is 0 Å². The van der Waals surface area contributed by atoms with Crippen molar-refractivity contribution >= 4 is 57.2 Å². The van der Waals surface area contributed by atoms with Crippen LogP contribution in [0.15, 0.2) is 55.0 Å². The SMILES string of the molecule is CCc1cc(OC)c(Cl)c(-c2cc3cnc(Nc4ccccc4N)nc3n3ccnc23)c1Cl. The van der Waals surface area contributed by atoms with Crippen LogP contribution in [0.25, 0.3) is 27.8 Å². The number of imidazole rings is 1. The number of halogens is 2. The van der Waals surface area contributed by atoms with Crippen molar-refractivity contribution in [1.29, 1.82) is 0 Å². The molecule has 0 saturated heterocycles. The molecule has 0 spiro atoms. The van der Waals surface area contributed by atoms with Crippen LogP contribution in [0.2, 0.25) is 10.0 Å². The number of methoxy groups -OCH3 is 1. The number of para-hydroxylation sites is 2. The van der Waals surface area contributed by atoms with Gasteiger partial charge in [-0.05, 0) is 36.2 Å². The number of hydrogen-bond acceptors (Lipinski definition) is 6. The monoisotopic (exact) mass is 478 g/mol. The number of pyridine rings is 1. The predicted molar refractivity (Wildman–Crippen MR) is 134 cm³/mol. The van der Waals surface area contributed by atoms with Crippen molar-refractivity contribution in [2.75, 3.05) is 18.2 Å². The second kappa shape index (κ2) is 8.42. The van der Waals surface area contributed by atoms with E-state index in [1.165, 1.54) is 0 Å². The summed E-state index contributed by atoms with van der Waals surface area (Å²) in [5, 5.41) is 4.99. The van der Waals surface area contributed by atoms with Gasteiger partial charge in [-0.2, -0.15) is 4.98 Å². The molecule has 3 N–H and O–H groups in total. The smallest absolute Gasteiger partial charge is 0.229 e. The summed E-state index contributed by atoms with van der Waals surface area (Å²) in [7, 11) is 1.59. The summed E-state index contributed by atoms with van der Waals surface area (Å²) < 4.78 is 7.40. The zero-order chi connectivity index (χ0) is 23.1. The van der Waals surface area contributed by atoms with E-state index in [2.05, 4.69) is 15.3 Å². The zero-order valence-corrected chi connectivity index (χ0v) is 19.4. The molecule has 3 aromatic heterocycles. The van der Waals surface area contributed by atoms with Crippen molar-refractivity contribution in [3.05, 3.63) is 70.6 Å². The van der Waals surface area contributed by atoms with Crippen LogP contribution < -0.4 is 15.8 Å². The van der Waals surface area contributed by atoms with Gasteiger partial charge in [0.15, 0.2) is 5.65 Å². The number of benzene rings is 2. The number of rotatable bonds is 5. The Morgan fingerprint density at radius 3 is 2.67 bits per heavy atom. The number of aromatic nitrogens is 4. The van der Waals surface area contributed by atoms with E-state index in [0.717, 1.165) is 28.6 Å². The minimum absolute atomic E-state index is 0.425. The van der Waals surface area contributed by atoms with Crippen LogP contribution in [-0.2, 0) is 6.42 Å². The number of fused-ring (bicyclic) bond motifs is 3. The average molecular weight is 479 g/mol. The Balaban J connectivity index is 1.72. The first-order valence-electron chi connectivity index (χ1n) is 10.3. The van der Waals surface area contributed by atoms with Crippen molar-refractivity contribution in [2.45, 2.75) is 13.3 Å². The Bertz CT molecular complexity index is 1490. The highest BCUT2D eigenvalue weighted by molar-refractivity contribution is 6.41. The molecule has 0 atom stereocenters. The van der Waals surface area contributed by atoms with Crippen molar-refractivity contribution in [3.63, 3.8) is 0 Å². The maximum absolute atomic E-state index is 6.80. The van der Waals surface area contributed by atoms with Crippen LogP contribution in [0.5, 0.6) is 5.75 Å². The summed E-state index contributed by atoms with van der Waals surface area (Å²) in [4.78, 5) is 13.8. The third-order valence-electron chi connectivity index (χ3n) is 5.53. The van der Waals surface area contributed by atoms with Gasteiger partial charge in [0.05, 0.1) is 28.5 Å². The number of nitrogens with one attached hydrogen (secondary N) is 1. The first-order chi connectivity index (χ1) is 16.0. The van der Waals surface area contributed by atoms with E-state index in [1.807, 2.05) is 53.9 Å². The molecule has 0 radical (unpaired) electrons. The molecule has 0 aliphatic rings. The molecule has 5 aromatic rings. The molecule has 0 bridgehead atoms. The van der Waals surface area contributed by atoms with E-state index in [4.69, 9.17) is 38.7 Å². The van der Waals surface area contributed by atoms with Gasteiger partial charge in [0.1, 0.15) is 11.4 Å². The van der Waals surface area contributed by atoms with Gasteiger partial charge in [-0.25, -0.2) is 9.97 Å². The minimum Gasteiger partial charge on any atom is -0.495 e. The molecule has 5 rings (SSSR count). The average Bonchev–Trinajstić information content (AvgIpc) is 3.32. The fourth-order valence-corrected chi connectivity index (χ4v) is 4.61. The molecule has 0 aliphatic heterocycles. The fourth-order valence-electron chi connectivity index (χ4n) is 3.85. The third kappa shape index (κ3) is 3.59. The van der Waals surface area contributed by atoms with Crippen LogP contribution >= 0.6 is 23.2 Å². The van der Waals surface area contributed by atoms with Crippen LogP contribution in [-0.4, -0.2) is 26.5 Å². The number of nitrogen functional groups attached to an aromatic ring is 1. The van der Waals surface area contributed by atoms with E-state index in [0.29, 0.717) is 44.3 Å². The Morgan fingerprint density at radius 1 is 1.09 bits per heavy atom. The first-order valence-corrected chi connectivity index (χ1v) is 11.1. The second-order valence-electron chi connectivity index (χ2n) is 7.46. The van der Waals surface area contributed by atoms with Gasteiger partial charge in [0, 0.05) is 35.1 Å². The Kier molecular flexibility index (Phi) is 5.44. The third-order valence-corrected chi connectivity index (χ3v) is 6.33. The minimum atomic E-state index is 0.425. The van der Waals surface area contributed by atoms with E-state index < -0.39 is 0 Å². The highest BCUT2D eigenvalue weighted by Crippen LogP contribution is 2.44. The first kappa shape index (κ1) is 21.3. The van der Waals surface area contributed by atoms with Gasteiger partial charge in [0.2, 0.25) is 5.95 Å². The Morgan fingerprint density at radius 2 is 1.91 bits per heavy atom. The lowest BCUT2D eigenvalue weighted by molar-refractivity contribution is 0.414. The lowest BCUT2D eigenvalue weighted by Gasteiger charge is -2.16. The standard InChI is InChI=1S/C24H20Cl2N6O/c1-3-13-11-18(33-2)21(26)19(20(13)25)15-10-14-12-29-24(30-17-7-5-4-6-16(17)27)31-22(14)32-9-8-28-23(15)32/h4-12H,3,27H2,1-2H3,(H,29,30,31). The number of ether oxygens (including phenoxy) is 1. The van der Waals surface area contributed by atoms with E-state index in [9.17, 15) is 0 Å². The summed E-state index contributed by atoms with van der Waals surface area (Å²) in [5.41, 5.74) is 11.1. The van der Waals surface area contributed by atoms with Crippen LogP contribution in [0.3, 0.4) is 0 Å². The van der Waals surface area contributed by atoms with Crippen LogP contribution in [0.4, 0.5) is 17.3 Å². The fraction of sp³-hybridized carbons (Fsp3) is 0.125. The quantitative estimate of drug-likeness (QED) is 0.294. The lowest BCUT2D eigenvalue weighted by Crippen LogP contribution is -2.03. The van der Waals surface area contributed by atoms with Crippen molar-refractivity contribution in [3.8, 4) is 16.9 Å². The molecule has 0 saturated carbocycles. The Hall–Kier alpha value is -3.55. The number of anilines is 3. The number of hydrogen-bond donors (Lipinski definition) is 2. The van der Waals surface area contributed by atoms with Gasteiger partial charge < -0.3 is 15.8 Å². The highest BCUT2D eigenvalue weighted by Gasteiger charge is 2.21. The second-order valence-corrected chi connectivity index (χ2v) is 8.21. The normalized spacial score (nSPS) is 11.3. The zero-order valence-electron chi connectivity index (χ0n) is 17.9. The molecule has 0 unspecified atom stereocenters. The van der Waals surface area contributed by atoms with Crippen molar-refractivity contribution in [1.82, 2.24) is 19.4 Å². The molecule has 0 amide bonds.